The van der Waals surface area contributed by atoms with Gasteiger partial charge in [0.05, 0.1) is 13.5 Å². The molecule has 2 heterocycles. The molecule has 2 aliphatic rings. The average molecular weight is 593 g/mol. The van der Waals surface area contributed by atoms with Crippen molar-refractivity contribution in [3.63, 3.8) is 0 Å². The molecular formula is C32H40N4O5S. The standard InChI is InChI=1S/C32H40N4O5S/c1-21-15-26(16-22(2)30(21)41-14-13-35-11-9-23(10-12-35)19-29(38)39)31-33-34-32(42-31)36(20-24-7-8-24)28(37)18-25-5-4-6-27(17-25)40-3/h4-6,15-17,23-24H,7-14,18-20H2,1-3H3,(H,38,39). The lowest BCUT2D eigenvalue weighted by Gasteiger charge is -2.31. The molecule has 0 bridgehead atoms. The summed E-state index contributed by atoms with van der Waals surface area (Å²) in [4.78, 5) is 28.6. The highest BCUT2D eigenvalue weighted by Crippen LogP contribution is 2.36. The van der Waals surface area contributed by atoms with Crippen LogP contribution in [0.4, 0.5) is 5.13 Å². The third kappa shape index (κ3) is 7.86. The Labute approximate surface area is 251 Å². The summed E-state index contributed by atoms with van der Waals surface area (Å²) in [5, 5.41) is 19.4. The summed E-state index contributed by atoms with van der Waals surface area (Å²) < 4.78 is 11.5. The van der Waals surface area contributed by atoms with Crippen LogP contribution >= 0.6 is 11.3 Å². The average Bonchev–Trinajstić information content (AvgIpc) is 3.66. The van der Waals surface area contributed by atoms with E-state index in [4.69, 9.17) is 14.6 Å². The molecule has 3 aromatic rings. The number of likely N-dealkylation sites (tertiary alicyclic amines) is 1. The summed E-state index contributed by atoms with van der Waals surface area (Å²) in [6.45, 7) is 7.98. The van der Waals surface area contributed by atoms with E-state index in [-0.39, 0.29) is 24.7 Å². The minimum Gasteiger partial charge on any atom is -0.497 e. The maximum atomic E-state index is 13.4. The number of nitrogens with zero attached hydrogens (tertiary/aromatic N) is 4. The Morgan fingerprint density at radius 1 is 1.05 bits per heavy atom. The van der Waals surface area contributed by atoms with Gasteiger partial charge in [-0.3, -0.25) is 19.4 Å². The number of aliphatic carboxylic acids is 1. The highest BCUT2D eigenvalue weighted by Gasteiger charge is 2.30. The van der Waals surface area contributed by atoms with Gasteiger partial charge in [0.1, 0.15) is 23.1 Å². The molecule has 1 amide bonds. The van der Waals surface area contributed by atoms with E-state index >= 15 is 0 Å². The van der Waals surface area contributed by atoms with Crippen molar-refractivity contribution in [2.45, 2.75) is 52.4 Å². The number of carboxylic acid groups (broad SMARTS) is 1. The van der Waals surface area contributed by atoms with Crippen molar-refractivity contribution in [3.05, 3.63) is 53.1 Å². The van der Waals surface area contributed by atoms with Crippen LogP contribution < -0.4 is 14.4 Å². The second-order valence-electron chi connectivity index (χ2n) is 11.5. The molecule has 0 spiro atoms. The number of amides is 1. The van der Waals surface area contributed by atoms with Gasteiger partial charge in [-0.25, -0.2) is 0 Å². The van der Waals surface area contributed by atoms with Crippen molar-refractivity contribution < 1.29 is 24.2 Å². The van der Waals surface area contributed by atoms with Crippen molar-refractivity contribution in [1.82, 2.24) is 15.1 Å². The van der Waals surface area contributed by atoms with Crippen LogP contribution in [0.2, 0.25) is 0 Å². The monoisotopic (exact) mass is 592 g/mol. The molecule has 0 radical (unpaired) electrons. The molecule has 1 saturated carbocycles. The predicted molar refractivity (Wildman–Crippen MR) is 164 cm³/mol. The number of carbonyl (C=O) groups is 2. The number of anilines is 1. The van der Waals surface area contributed by atoms with E-state index in [0.717, 1.165) is 84.1 Å². The van der Waals surface area contributed by atoms with Crippen LogP contribution in [0.25, 0.3) is 10.6 Å². The van der Waals surface area contributed by atoms with Crippen LogP contribution in [-0.2, 0) is 16.0 Å². The Kier molecular flexibility index (Phi) is 9.74. The first-order valence-electron chi connectivity index (χ1n) is 14.7. The van der Waals surface area contributed by atoms with E-state index in [1.54, 1.807) is 12.0 Å². The van der Waals surface area contributed by atoms with E-state index in [1.807, 2.05) is 38.1 Å². The fraction of sp³-hybridized carbons (Fsp3) is 0.500. The third-order valence-corrected chi connectivity index (χ3v) is 9.10. The molecule has 0 atom stereocenters. The van der Waals surface area contributed by atoms with Gasteiger partial charge in [0.2, 0.25) is 11.0 Å². The van der Waals surface area contributed by atoms with Crippen LogP contribution in [-0.4, -0.2) is 72.0 Å². The van der Waals surface area contributed by atoms with Crippen molar-refractivity contribution in [2.75, 3.05) is 44.8 Å². The molecule has 2 fully saturated rings. The molecule has 5 rings (SSSR count). The summed E-state index contributed by atoms with van der Waals surface area (Å²) in [5.41, 5.74) is 3.94. The van der Waals surface area contributed by atoms with Gasteiger partial charge in [0.15, 0.2) is 0 Å². The number of hydrogen-bond donors (Lipinski definition) is 1. The van der Waals surface area contributed by atoms with Crippen LogP contribution in [0.15, 0.2) is 36.4 Å². The van der Waals surface area contributed by atoms with Crippen molar-refractivity contribution in [3.8, 4) is 22.1 Å². The SMILES string of the molecule is COc1cccc(CC(=O)N(CC2CC2)c2nnc(-c3cc(C)c(OCCN4CCC(CC(=O)O)CC4)c(C)c3)s2)c1. The van der Waals surface area contributed by atoms with Gasteiger partial charge in [-0.15, -0.1) is 10.2 Å². The Morgan fingerprint density at radius 2 is 1.79 bits per heavy atom. The van der Waals surface area contributed by atoms with Crippen molar-refractivity contribution in [1.29, 1.82) is 0 Å². The van der Waals surface area contributed by atoms with Crippen LogP contribution in [0.1, 0.15) is 48.8 Å². The van der Waals surface area contributed by atoms with Crippen LogP contribution in [0, 0.1) is 25.7 Å². The molecule has 10 heteroatoms. The molecule has 224 valence electrons. The summed E-state index contributed by atoms with van der Waals surface area (Å²) in [6, 6.07) is 11.8. The maximum absolute atomic E-state index is 13.4. The maximum Gasteiger partial charge on any atom is 0.303 e. The molecule has 0 unspecified atom stereocenters. The number of benzene rings is 2. The number of rotatable bonds is 13. The lowest BCUT2D eigenvalue weighted by atomic mass is 9.94. The largest absolute Gasteiger partial charge is 0.497 e. The van der Waals surface area contributed by atoms with Gasteiger partial charge >= 0.3 is 5.97 Å². The van der Waals surface area contributed by atoms with E-state index in [1.165, 1.54) is 11.3 Å². The van der Waals surface area contributed by atoms with Gasteiger partial charge in [-0.05, 0) is 105 Å². The summed E-state index contributed by atoms with van der Waals surface area (Å²) in [5.74, 6) is 1.73. The van der Waals surface area contributed by atoms with Crippen molar-refractivity contribution >= 4 is 28.3 Å². The van der Waals surface area contributed by atoms with E-state index in [9.17, 15) is 9.59 Å². The molecule has 9 nitrogen and oxygen atoms in total. The molecular weight excluding hydrogens is 552 g/mol. The lowest BCUT2D eigenvalue weighted by Crippen LogP contribution is -2.37. The summed E-state index contributed by atoms with van der Waals surface area (Å²) in [7, 11) is 1.63. The van der Waals surface area contributed by atoms with Crippen LogP contribution in [0.5, 0.6) is 11.5 Å². The fourth-order valence-electron chi connectivity index (χ4n) is 5.58. The fourth-order valence-corrected chi connectivity index (χ4v) is 6.44. The van der Waals surface area contributed by atoms with E-state index in [2.05, 4.69) is 27.2 Å². The number of aromatic nitrogens is 2. The zero-order chi connectivity index (χ0) is 29.6. The first-order chi connectivity index (χ1) is 20.3. The second kappa shape index (κ2) is 13.6. The summed E-state index contributed by atoms with van der Waals surface area (Å²) >= 11 is 1.45. The highest BCUT2D eigenvalue weighted by molar-refractivity contribution is 7.18. The Hall–Kier alpha value is -3.50. The van der Waals surface area contributed by atoms with Gasteiger partial charge in [-0.2, -0.15) is 0 Å². The molecule has 1 N–H and O–H groups in total. The smallest absolute Gasteiger partial charge is 0.303 e. The highest BCUT2D eigenvalue weighted by atomic mass is 32.1. The van der Waals surface area contributed by atoms with E-state index in [0.29, 0.717) is 24.2 Å². The van der Waals surface area contributed by atoms with E-state index < -0.39 is 5.97 Å². The Morgan fingerprint density at radius 3 is 2.45 bits per heavy atom. The second-order valence-corrected chi connectivity index (χ2v) is 12.5. The van der Waals surface area contributed by atoms with Crippen molar-refractivity contribution in [2.24, 2.45) is 11.8 Å². The van der Waals surface area contributed by atoms with Gasteiger partial charge in [0.25, 0.3) is 0 Å². The normalized spacial score (nSPS) is 15.9. The van der Waals surface area contributed by atoms with Gasteiger partial charge < -0.3 is 14.6 Å². The molecule has 1 aliphatic carbocycles. The molecule has 42 heavy (non-hydrogen) atoms. The van der Waals surface area contributed by atoms with Gasteiger partial charge in [0, 0.05) is 25.1 Å². The Balaban J connectivity index is 1.21. The first-order valence-corrected chi connectivity index (χ1v) is 15.6. The minimum atomic E-state index is -0.704. The summed E-state index contributed by atoms with van der Waals surface area (Å²) in [6.07, 6.45) is 4.67. The number of hydrogen-bond acceptors (Lipinski definition) is 8. The predicted octanol–water partition coefficient (Wildman–Crippen LogP) is 5.38. The number of carbonyl (C=O) groups excluding carboxylic acids is 1. The molecule has 1 aromatic heterocycles. The zero-order valence-corrected chi connectivity index (χ0v) is 25.5. The molecule has 1 aliphatic heterocycles. The van der Waals surface area contributed by atoms with Gasteiger partial charge in [-0.1, -0.05) is 23.5 Å². The number of methoxy groups -OCH3 is 1. The number of piperidine rings is 1. The zero-order valence-electron chi connectivity index (χ0n) is 24.7. The lowest BCUT2D eigenvalue weighted by molar-refractivity contribution is -0.138. The minimum absolute atomic E-state index is 0.0140. The number of aryl methyl sites for hydroxylation is 2. The third-order valence-electron chi connectivity index (χ3n) is 8.11. The quantitative estimate of drug-likeness (QED) is 0.282. The topological polar surface area (TPSA) is 105 Å². The number of carboxylic acids is 1. The molecule has 2 aromatic carbocycles. The first kappa shape index (κ1) is 30.0. The van der Waals surface area contributed by atoms with Crippen LogP contribution in [0.3, 0.4) is 0 Å². The number of ether oxygens (including phenoxy) is 2. The molecule has 1 saturated heterocycles. The Bertz CT molecular complexity index is 1370.